The van der Waals surface area contributed by atoms with Crippen LogP contribution in [-0.4, -0.2) is 28.1 Å². The van der Waals surface area contributed by atoms with Gasteiger partial charge in [-0.15, -0.1) is 0 Å². The number of carbonyl (C=O) groups is 1. The molecule has 2 N–H and O–H groups in total. The summed E-state index contributed by atoms with van der Waals surface area (Å²) in [6, 6.07) is 6.61. The standard InChI is InChI=1S/C18H13F4N3O5/c1-17(27,9-30-12-4-2-10(8-23)14(19)7-12)16(26)24-11-3-5-15(25(28)29)13(6-11)18(20,21)22/h2-7,27H,9H2,1H3,(H,24,26). The predicted molar refractivity (Wildman–Crippen MR) is 94.0 cm³/mol. The van der Waals surface area contributed by atoms with Crippen LogP contribution in [0.2, 0.25) is 0 Å². The number of nitrogens with zero attached hydrogens (tertiary/aromatic N) is 2. The van der Waals surface area contributed by atoms with Gasteiger partial charge >= 0.3 is 6.18 Å². The number of alkyl halides is 3. The van der Waals surface area contributed by atoms with Gasteiger partial charge < -0.3 is 15.2 Å². The van der Waals surface area contributed by atoms with Gasteiger partial charge in [-0.25, -0.2) is 4.39 Å². The summed E-state index contributed by atoms with van der Waals surface area (Å²) in [7, 11) is 0. The molecule has 158 valence electrons. The molecule has 0 aliphatic carbocycles. The Labute approximate surface area is 166 Å². The molecule has 0 heterocycles. The number of aliphatic hydroxyl groups is 1. The Kier molecular flexibility index (Phi) is 6.27. The van der Waals surface area contributed by atoms with Crippen LogP contribution in [0, 0.1) is 27.3 Å². The molecule has 0 radical (unpaired) electrons. The van der Waals surface area contributed by atoms with Gasteiger partial charge in [-0.1, -0.05) is 0 Å². The van der Waals surface area contributed by atoms with Gasteiger partial charge in [0.25, 0.3) is 11.6 Å². The van der Waals surface area contributed by atoms with E-state index in [2.05, 4.69) is 0 Å². The number of nitro groups is 1. The maximum atomic E-state index is 13.6. The molecule has 1 amide bonds. The number of amides is 1. The predicted octanol–water partition coefficient (Wildman–Crippen LogP) is 3.39. The molecule has 2 rings (SSSR count). The highest BCUT2D eigenvalue weighted by atomic mass is 19.4. The van der Waals surface area contributed by atoms with E-state index >= 15 is 0 Å². The van der Waals surface area contributed by atoms with Crippen molar-refractivity contribution in [3.8, 4) is 11.8 Å². The summed E-state index contributed by atoms with van der Waals surface area (Å²) < 4.78 is 57.7. The SMILES string of the molecule is CC(O)(COc1ccc(C#N)c(F)c1)C(=O)Nc1ccc([N+](=O)[O-])c(C(F)(F)F)c1. The van der Waals surface area contributed by atoms with Crippen molar-refractivity contribution in [2.24, 2.45) is 0 Å². The van der Waals surface area contributed by atoms with E-state index < -0.39 is 52.0 Å². The second-order valence-electron chi connectivity index (χ2n) is 6.26. The van der Waals surface area contributed by atoms with Gasteiger partial charge in [-0.3, -0.25) is 14.9 Å². The number of ether oxygens (including phenoxy) is 1. The lowest BCUT2D eigenvalue weighted by atomic mass is 10.1. The van der Waals surface area contributed by atoms with Gasteiger partial charge in [0.05, 0.1) is 10.5 Å². The molecule has 0 bridgehead atoms. The molecule has 1 unspecified atom stereocenters. The first-order valence-corrected chi connectivity index (χ1v) is 8.07. The number of benzene rings is 2. The lowest BCUT2D eigenvalue weighted by molar-refractivity contribution is -0.388. The Morgan fingerprint density at radius 1 is 1.30 bits per heavy atom. The molecular weight excluding hydrogens is 414 g/mol. The highest BCUT2D eigenvalue weighted by Crippen LogP contribution is 2.37. The summed E-state index contributed by atoms with van der Waals surface area (Å²) in [5.41, 5.74) is -5.72. The Bertz CT molecular complexity index is 1030. The molecule has 8 nitrogen and oxygen atoms in total. The van der Waals surface area contributed by atoms with Gasteiger partial charge in [-0.05, 0) is 31.2 Å². The van der Waals surface area contributed by atoms with Crippen molar-refractivity contribution in [1.29, 1.82) is 5.26 Å². The van der Waals surface area contributed by atoms with Crippen molar-refractivity contribution in [3.63, 3.8) is 0 Å². The normalized spacial score (nSPS) is 13.1. The third-order valence-corrected chi connectivity index (χ3v) is 3.83. The lowest BCUT2D eigenvalue weighted by Crippen LogP contribution is -2.45. The quantitative estimate of drug-likeness (QED) is 0.414. The molecule has 2 aromatic carbocycles. The minimum Gasteiger partial charge on any atom is -0.490 e. The topological polar surface area (TPSA) is 125 Å². The minimum absolute atomic E-state index is 0.103. The molecule has 0 saturated heterocycles. The van der Waals surface area contributed by atoms with Gasteiger partial charge in [0.15, 0.2) is 5.60 Å². The molecule has 2 aromatic rings. The summed E-state index contributed by atoms with van der Waals surface area (Å²) >= 11 is 0. The zero-order valence-electron chi connectivity index (χ0n) is 15.2. The van der Waals surface area contributed by atoms with Gasteiger partial charge in [-0.2, -0.15) is 18.4 Å². The van der Waals surface area contributed by atoms with Crippen LogP contribution in [0.25, 0.3) is 0 Å². The highest BCUT2D eigenvalue weighted by molar-refractivity contribution is 5.97. The average Bonchev–Trinajstić information content (AvgIpc) is 2.65. The summed E-state index contributed by atoms with van der Waals surface area (Å²) in [4.78, 5) is 21.8. The molecule has 0 aliphatic rings. The summed E-state index contributed by atoms with van der Waals surface area (Å²) in [5.74, 6) is -2.16. The van der Waals surface area contributed by atoms with Crippen LogP contribution < -0.4 is 10.1 Å². The third kappa shape index (κ3) is 5.21. The van der Waals surface area contributed by atoms with E-state index in [4.69, 9.17) is 10.00 Å². The Hall–Kier alpha value is -3.72. The minimum atomic E-state index is -5.05. The van der Waals surface area contributed by atoms with E-state index in [-0.39, 0.29) is 11.3 Å². The van der Waals surface area contributed by atoms with Crippen molar-refractivity contribution < 1.29 is 37.1 Å². The number of nitro benzene ring substituents is 1. The molecule has 30 heavy (non-hydrogen) atoms. The Balaban J connectivity index is 2.15. The van der Waals surface area contributed by atoms with Crippen molar-refractivity contribution in [1.82, 2.24) is 0 Å². The van der Waals surface area contributed by atoms with E-state index in [1.54, 1.807) is 6.07 Å². The molecule has 0 aromatic heterocycles. The second-order valence-corrected chi connectivity index (χ2v) is 6.26. The fraction of sp³-hybridized carbons (Fsp3) is 0.222. The average molecular weight is 427 g/mol. The van der Waals surface area contributed by atoms with Crippen LogP contribution in [-0.2, 0) is 11.0 Å². The monoisotopic (exact) mass is 427 g/mol. The Morgan fingerprint density at radius 2 is 1.97 bits per heavy atom. The maximum Gasteiger partial charge on any atom is 0.423 e. The third-order valence-electron chi connectivity index (χ3n) is 3.83. The van der Waals surface area contributed by atoms with Crippen LogP contribution in [0.15, 0.2) is 36.4 Å². The van der Waals surface area contributed by atoms with E-state index in [9.17, 15) is 37.6 Å². The van der Waals surface area contributed by atoms with Crippen molar-refractivity contribution in [2.75, 3.05) is 11.9 Å². The number of rotatable bonds is 6. The van der Waals surface area contributed by atoms with Crippen LogP contribution in [0.3, 0.4) is 0 Å². The molecule has 0 spiro atoms. The molecule has 0 saturated carbocycles. The molecular formula is C18H13F4N3O5. The van der Waals surface area contributed by atoms with Crippen LogP contribution in [0.4, 0.5) is 28.9 Å². The fourth-order valence-electron chi connectivity index (χ4n) is 2.23. The number of hydrogen-bond donors (Lipinski definition) is 2. The van der Waals surface area contributed by atoms with Crippen LogP contribution in [0.5, 0.6) is 5.75 Å². The number of nitrogens with one attached hydrogen (secondary N) is 1. The number of nitriles is 1. The van der Waals surface area contributed by atoms with E-state index in [0.717, 1.165) is 25.1 Å². The van der Waals surface area contributed by atoms with Crippen LogP contribution in [0.1, 0.15) is 18.1 Å². The first-order valence-electron chi connectivity index (χ1n) is 8.07. The molecule has 0 fully saturated rings. The van der Waals surface area contributed by atoms with Gasteiger partial charge in [0.2, 0.25) is 0 Å². The number of hydrogen-bond acceptors (Lipinski definition) is 6. The summed E-state index contributed by atoms with van der Waals surface area (Å²) in [6.45, 7) is 0.293. The number of halogens is 4. The zero-order chi connectivity index (χ0) is 22.7. The van der Waals surface area contributed by atoms with Crippen molar-refractivity contribution in [2.45, 2.75) is 18.7 Å². The van der Waals surface area contributed by atoms with Gasteiger partial charge in [0.1, 0.15) is 29.8 Å². The van der Waals surface area contributed by atoms with E-state index in [1.165, 1.54) is 6.07 Å². The van der Waals surface area contributed by atoms with E-state index in [1.807, 2.05) is 5.32 Å². The maximum absolute atomic E-state index is 13.6. The molecule has 1 atom stereocenters. The van der Waals surface area contributed by atoms with Crippen LogP contribution >= 0.6 is 0 Å². The number of anilines is 1. The Morgan fingerprint density at radius 3 is 2.50 bits per heavy atom. The van der Waals surface area contributed by atoms with Crippen molar-refractivity contribution >= 4 is 17.3 Å². The highest BCUT2D eigenvalue weighted by Gasteiger charge is 2.39. The first kappa shape index (κ1) is 22.6. The fourth-order valence-corrected chi connectivity index (χ4v) is 2.23. The summed E-state index contributed by atoms with van der Waals surface area (Å²) in [5, 5.41) is 31.7. The largest absolute Gasteiger partial charge is 0.490 e. The smallest absolute Gasteiger partial charge is 0.423 e. The lowest BCUT2D eigenvalue weighted by Gasteiger charge is -2.23. The second kappa shape index (κ2) is 8.34. The zero-order valence-corrected chi connectivity index (χ0v) is 15.2. The van der Waals surface area contributed by atoms with Gasteiger partial charge in [0, 0.05) is 17.8 Å². The summed E-state index contributed by atoms with van der Waals surface area (Å²) in [6.07, 6.45) is -5.05. The van der Waals surface area contributed by atoms with Crippen molar-refractivity contribution in [3.05, 3.63) is 63.5 Å². The number of carbonyl (C=O) groups excluding carboxylic acids is 1. The molecule has 12 heteroatoms. The van der Waals surface area contributed by atoms with E-state index in [0.29, 0.717) is 12.1 Å². The first-order chi connectivity index (χ1) is 13.8. The molecule has 0 aliphatic heterocycles.